The van der Waals surface area contributed by atoms with E-state index in [0.29, 0.717) is 29.7 Å². The number of H-pyrrole nitrogens is 1. The molecule has 0 saturated heterocycles. The fourth-order valence-corrected chi connectivity index (χ4v) is 3.54. The van der Waals surface area contributed by atoms with E-state index in [1.807, 2.05) is 18.4 Å². The summed E-state index contributed by atoms with van der Waals surface area (Å²) in [7, 11) is 4.84. The van der Waals surface area contributed by atoms with Crippen LogP contribution in [0.3, 0.4) is 0 Å². The predicted molar refractivity (Wildman–Crippen MR) is 101 cm³/mol. The zero-order chi connectivity index (χ0) is 18.7. The number of aromatic amines is 1. The first-order valence-corrected chi connectivity index (χ1v) is 9.49. The van der Waals surface area contributed by atoms with Crippen molar-refractivity contribution in [1.82, 2.24) is 14.9 Å². The van der Waals surface area contributed by atoms with Crippen LogP contribution in [0.25, 0.3) is 0 Å². The Kier molecular flexibility index (Phi) is 5.73. The smallest absolute Gasteiger partial charge is 0.256 e. The first kappa shape index (κ1) is 18.6. The van der Waals surface area contributed by atoms with Crippen molar-refractivity contribution < 1.29 is 14.2 Å². The van der Waals surface area contributed by atoms with Crippen LogP contribution in [0.5, 0.6) is 17.2 Å². The highest BCUT2D eigenvalue weighted by molar-refractivity contribution is 7.98. The van der Waals surface area contributed by atoms with Crippen LogP contribution in [-0.2, 0) is 19.5 Å². The molecule has 0 aliphatic carbocycles. The average Bonchev–Trinajstić information content (AvgIpc) is 2.67. The molecule has 1 aliphatic heterocycles. The molecule has 0 amide bonds. The van der Waals surface area contributed by atoms with Gasteiger partial charge in [-0.05, 0) is 12.3 Å². The van der Waals surface area contributed by atoms with E-state index in [1.165, 1.54) is 11.8 Å². The van der Waals surface area contributed by atoms with E-state index in [2.05, 4.69) is 14.9 Å². The SMILES string of the molecule is COc1cc(OC)c(OC)cc1CN1CCc2nc(SC)[nH]c(=O)c2C1. The van der Waals surface area contributed by atoms with Gasteiger partial charge in [-0.25, -0.2) is 4.98 Å². The standard InChI is InChI=1S/C18H23N3O4S/c1-23-14-8-16(25-3)15(24-2)7-11(14)9-21-6-5-13-12(10-21)17(22)20-18(19-13)26-4/h7-8H,5-6,9-10H2,1-4H3,(H,19,20,22). The highest BCUT2D eigenvalue weighted by atomic mass is 32.2. The van der Waals surface area contributed by atoms with Gasteiger partial charge in [-0.3, -0.25) is 9.69 Å². The van der Waals surface area contributed by atoms with Gasteiger partial charge in [-0.15, -0.1) is 0 Å². The summed E-state index contributed by atoms with van der Waals surface area (Å²) in [6.45, 7) is 2.03. The molecule has 0 atom stereocenters. The van der Waals surface area contributed by atoms with Crippen molar-refractivity contribution in [2.24, 2.45) is 0 Å². The van der Waals surface area contributed by atoms with Crippen LogP contribution in [0.1, 0.15) is 16.8 Å². The van der Waals surface area contributed by atoms with Crippen molar-refractivity contribution in [2.75, 3.05) is 34.1 Å². The maximum absolute atomic E-state index is 12.4. The van der Waals surface area contributed by atoms with Crippen molar-refractivity contribution >= 4 is 11.8 Å². The van der Waals surface area contributed by atoms with E-state index in [4.69, 9.17) is 14.2 Å². The summed E-state index contributed by atoms with van der Waals surface area (Å²) in [4.78, 5) is 21.9. The number of benzene rings is 1. The van der Waals surface area contributed by atoms with Gasteiger partial charge in [0.15, 0.2) is 16.7 Å². The molecular formula is C18H23N3O4S. The average molecular weight is 377 g/mol. The highest BCUT2D eigenvalue weighted by Gasteiger charge is 2.23. The molecule has 26 heavy (non-hydrogen) atoms. The Bertz CT molecular complexity index is 853. The van der Waals surface area contributed by atoms with Crippen molar-refractivity contribution in [3.05, 3.63) is 39.3 Å². The quantitative estimate of drug-likeness (QED) is 0.610. The van der Waals surface area contributed by atoms with Crippen LogP contribution >= 0.6 is 11.8 Å². The number of nitrogens with zero attached hydrogens (tertiary/aromatic N) is 2. The van der Waals surface area contributed by atoms with E-state index in [9.17, 15) is 4.79 Å². The molecule has 3 rings (SSSR count). The number of rotatable bonds is 6. The largest absolute Gasteiger partial charge is 0.496 e. The van der Waals surface area contributed by atoms with Crippen LogP contribution in [0.2, 0.25) is 0 Å². The number of ether oxygens (including phenoxy) is 3. The number of hydrogen-bond acceptors (Lipinski definition) is 7. The molecule has 0 saturated carbocycles. The molecule has 0 unspecified atom stereocenters. The number of methoxy groups -OCH3 is 3. The molecule has 1 aromatic carbocycles. The van der Waals surface area contributed by atoms with Gasteiger partial charge in [0.1, 0.15) is 5.75 Å². The second-order valence-corrected chi connectivity index (χ2v) is 6.78. The fraction of sp³-hybridized carbons (Fsp3) is 0.444. The molecule has 1 aromatic heterocycles. The van der Waals surface area contributed by atoms with Crippen molar-refractivity contribution in [2.45, 2.75) is 24.7 Å². The Hall–Kier alpha value is -2.19. The molecule has 7 nitrogen and oxygen atoms in total. The minimum atomic E-state index is -0.0525. The van der Waals surface area contributed by atoms with Gasteiger partial charge < -0.3 is 19.2 Å². The first-order chi connectivity index (χ1) is 12.6. The monoisotopic (exact) mass is 377 g/mol. The number of thioether (sulfide) groups is 1. The lowest BCUT2D eigenvalue weighted by Crippen LogP contribution is -2.35. The Labute approximate surface area is 156 Å². The molecule has 1 N–H and O–H groups in total. The van der Waals surface area contributed by atoms with E-state index in [1.54, 1.807) is 21.3 Å². The summed E-state index contributed by atoms with van der Waals surface area (Å²) in [5.41, 5.74) is 2.57. The normalized spacial score (nSPS) is 14.0. The van der Waals surface area contributed by atoms with Crippen LogP contribution < -0.4 is 19.8 Å². The van der Waals surface area contributed by atoms with Crippen LogP contribution in [0, 0.1) is 0 Å². The van der Waals surface area contributed by atoms with E-state index in [0.717, 1.165) is 35.5 Å². The molecule has 8 heteroatoms. The number of aromatic nitrogens is 2. The maximum Gasteiger partial charge on any atom is 0.256 e. The highest BCUT2D eigenvalue weighted by Crippen LogP contribution is 2.35. The summed E-state index contributed by atoms with van der Waals surface area (Å²) in [5.74, 6) is 2.02. The van der Waals surface area contributed by atoms with Gasteiger partial charge in [0.05, 0.1) is 32.6 Å². The topological polar surface area (TPSA) is 76.7 Å². The molecule has 0 fully saturated rings. The molecular weight excluding hydrogens is 354 g/mol. The fourth-order valence-electron chi connectivity index (χ4n) is 3.15. The van der Waals surface area contributed by atoms with E-state index >= 15 is 0 Å². The van der Waals surface area contributed by atoms with Crippen molar-refractivity contribution in [1.29, 1.82) is 0 Å². The lowest BCUT2D eigenvalue weighted by molar-refractivity contribution is 0.236. The van der Waals surface area contributed by atoms with Crippen molar-refractivity contribution in [3.63, 3.8) is 0 Å². The van der Waals surface area contributed by atoms with Gasteiger partial charge in [0, 0.05) is 37.7 Å². The van der Waals surface area contributed by atoms with Gasteiger partial charge in [0.2, 0.25) is 0 Å². The van der Waals surface area contributed by atoms with Gasteiger partial charge in [-0.1, -0.05) is 11.8 Å². The molecule has 0 radical (unpaired) electrons. The molecule has 0 spiro atoms. The van der Waals surface area contributed by atoms with Gasteiger partial charge >= 0.3 is 0 Å². The molecule has 2 aromatic rings. The summed E-state index contributed by atoms with van der Waals surface area (Å²) in [6.07, 6.45) is 2.66. The number of nitrogens with one attached hydrogen (secondary N) is 1. The van der Waals surface area contributed by atoms with Gasteiger partial charge in [-0.2, -0.15) is 0 Å². The minimum absolute atomic E-state index is 0.0525. The van der Waals surface area contributed by atoms with Gasteiger partial charge in [0.25, 0.3) is 5.56 Å². The molecule has 1 aliphatic rings. The molecule has 2 heterocycles. The first-order valence-electron chi connectivity index (χ1n) is 8.26. The maximum atomic E-state index is 12.4. The Balaban J connectivity index is 1.86. The third-order valence-electron chi connectivity index (χ3n) is 4.50. The summed E-state index contributed by atoms with van der Waals surface area (Å²) < 4.78 is 16.2. The third kappa shape index (κ3) is 3.66. The second-order valence-electron chi connectivity index (χ2n) is 5.98. The van der Waals surface area contributed by atoms with E-state index < -0.39 is 0 Å². The van der Waals surface area contributed by atoms with Crippen LogP contribution in [-0.4, -0.2) is 49.0 Å². The van der Waals surface area contributed by atoms with Crippen LogP contribution in [0.4, 0.5) is 0 Å². The zero-order valence-corrected chi connectivity index (χ0v) is 16.2. The second kappa shape index (κ2) is 8.01. The third-order valence-corrected chi connectivity index (χ3v) is 5.08. The van der Waals surface area contributed by atoms with Crippen LogP contribution in [0.15, 0.2) is 22.1 Å². The summed E-state index contributed by atoms with van der Waals surface area (Å²) in [5, 5.41) is 0.670. The zero-order valence-electron chi connectivity index (χ0n) is 15.4. The summed E-state index contributed by atoms with van der Waals surface area (Å²) in [6, 6.07) is 3.75. The van der Waals surface area contributed by atoms with Crippen molar-refractivity contribution in [3.8, 4) is 17.2 Å². The van der Waals surface area contributed by atoms with E-state index in [-0.39, 0.29) is 5.56 Å². The lowest BCUT2D eigenvalue weighted by Gasteiger charge is -2.28. The summed E-state index contributed by atoms with van der Waals surface area (Å²) >= 11 is 1.45. The Morgan fingerprint density at radius 2 is 1.85 bits per heavy atom. The number of fused-ring (bicyclic) bond motifs is 1. The predicted octanol–water partition coefficient (Wildman–Crippen LogP) is 2.08. The molecule has 0 bridgehead atoms. The number of hydrogen-bond donors (Lipinski definition) is 1. The minimum Gasteiger partial charge on any atom is -0.496 e. The Morgan fingerprint density at radius 3 is 2.50 bits per heavy atom. The molecule has 140 valence electrons. The Morgan fingerprint density at radius 1 is 1.15 bits per heavy atom. The lowest BCUT2D eigenvalue weighted by atomic mass is 10.1.